The zero-order valence-electron chi connectivity index (χ0n) is 16.6. The van der Waals surface area contributed by atoms with Crippen LogP contribution < -0.4 is 14.9 Å². The number of ketones is 1. The van der Waals surface area contributed by atoms with Gasteiger partial charge in [-0.2, -0.15) is 13.2 Å². The number of carbonyl (C=O) groups excluding carboxylic acids is 2. The molecule has 1 fully saturated rings. The van der Waals surface area contributed by atoms with Gasteiger partial charge in [0.25, 0.3) is 5.10 Å². The molecule has 2 heterocycles. The molecule has 0 spiro atoms. The molecule has 168 valence electrons. The first-order valence-electron chi connectivity index (χ1n) is 9.47. The summed E-state index contributed by atoms with van der Waals surface area (Å²) in [5.41, 5.74) is 0.564. The zero-order valence-corrected chi connectivity index (χ0v) is 16.6. The first-order valence-corrected chi connectivity index (χ1v) is 9.47. The number of halogens is 3. The van der Waals surface area contributed by atoms with Crippen molar-refractivity contribution in [2.45, 2.75) is 32.0 Å². The third kappa shape index (κ3) is 5.69. The van der Waals surface area contributed by atoms with E-state index >= 15 is 0 Å². The summed E-state index contributed by atoms with van der Waals surface area (Å²) in [6, 6.07) is 4.26. The molecule has 0 saturated carbocycles. The molecule has 1 unspecified atom stereocenters. The van der Waals surface area contributed by atoms with Gasteiger partial charge in [-0.3, -0.25) is 19.8 Å². The van der Waals surface area contributed by atoms with Crippen LogP contribution in [0.3, 0.4) is 0 Å². The third-order valence-corrected chi connectivity index (χ3v) is 4.76. The molecule has 10 nitrogen and oxygen atoms in total. The van der Waals surface area contributed by atoms with Crippen molar-refractivity contribution in [3.63, 3.8) is 0 Å². The van der Waals surface area contributed by atoms with E-state index in [-0.39, 0.29) is 48.8 Å². The Morgan fingerprint density at radius 1 is 1.32 bits per heavy atom. The van der Waals surface area contributed by atoms with Crippen molar-refractivity contribution in [2.75, 3.05) is 31.5 Å². The molecule has 1 aliphatic heterocycles. The molecular formula is C18H22F3N5O5+2. The summed E-state index contributed by atoms with van der Waals surface area (Å²) in [5, 5.41) is 26.7. The van der Waals surface area contributed by atoms with Crippen molar-refractivity contribution in [3.8, 4) is 0 Å². The molecule has 1 atom stereocenters. The minimum absolute atomic E-state index is 0.0115. The molecule has 0 radical (unpaired) electrons. The van der Waals surface area contributed by atoms with Crippen LogP contribution in [0.25, 0.3) is 11.0 Å². The summed E-state index contributed by atoms with van der Waals surface area (Å²) in [7, 11) is 0. The molecule has 3 N–H and O–H groups in total. The fraction of sp³-hybridized carbons (Fsp3) is 0.500. The lowest BCUT2D eigenvalue weighted by Crippen LogP contribution is -2.47. The molecule has 1 aromatic carbocycles. The number of hydrogen-bond donors (Lipinski definition) is 3. The van der Waals surface area contributed by atoms with Crippen molar-refractivity contribution in [1.29, 1.82) is 0 Å². The maximum Gasteiger partial charge on any atom is 0.500 e. The number of anilines is 1. The van der Waals surface area contributed by atoms with E-state index in [9.17, 15) is 33.2 Å². The van der Waals surface area contributed by atoms with Crippen LogP contribution in [-0.2, 0) is 9.53 Å². The topological polar surface area (TPSA) is 120 Å². The maximum absolute atomic E-state index is 12.4. The molecule has 0 bridgehead atoms. The second-order valence-electron chi connectivity index (χ2n) is 7.21. The van der Waals surface area contributed by atoms with Crippen LogP contribution in [0.2, 0.25) is 0 Å². The number of carbonyl (C=O) groups is 2. The number of hydrogen-bond acceptors (Lipinski definition) is 8. The highest BCUT2D eigenvalue weighted by atomic mass is 19.4. The summed E-state index contributed by atoms with van der Waals surface area (Å²) in [4.78, 5) is 25.1. The Hall–Kier alpha value is -3.22. The second-order valence-corrected chi connectivity index (χ2v) is 7.21. The summed E-state index contributed by atoms with van der Waals surface area (Å²) in [5.74, 6) is -1.01. The Kier molecular flexibility index (Phi) is 6.43. The molecule has 1 aromatic heterocycles. The molecule has 0 aliphatic carbocycles. The number of nitrogens with one attached hydrogen (secondary N) is 1. The largest absolute Gasteiger partial charge is 0.500 e. The molecule has 1 saturated heterocycles. The molecule has 3 rings (SSSR count). The van der Waals surface area contributed by atoms with Crippen LogP contribution in [0.5, 0.6) is 0 Å². The first kappa shape index (κ1) is 22.5. The van der Waals surface area contributed by atoms with Crippen LogP contribution in [-0.4, -0.2) is 70.6 Å². The van der Waals surface area contributed by atoms with E-state index < -0.39 is 24.8 Å². The second kappa shape index (κ2) is 8.88. The van der Waals surface area contributed by atoms with E-state index in [4.69, 9.17) is 4.74 Å². The lowest BCUT2D eigenvalue weighted by molar-refractivity contribution is -0.950. The smallest absolute Gasteiger partial charge is 0.461 e. The molecule has 0 amide bonds. The predicted molar refractivity (Wildman–Crippen MR) is 96.6 cm³/mol. The summed E-state index contributed by atoms with van der Waals surface area (Å²) in [6.07, 6.45) is -4.71. The number of ether oxygens (including phenoxy) is 1. The molecule has 13 heteroatoms. The third-order valence-electron chi connectivity index (χ3n) is 4.76. The molecular weight excluding hydrogens is 423 g/mol. The standard InChI is InChI=1S/C18H21F3N5O5/c1-11(27)12-2-3-14-15(8-12)26(30)23-17(25(14)29)22-6-4-16(28)31-13-5-7-24(9-13)10-18(19,20)21/h2-3,8,13,29H,4-7,9-10H2,1H3,(H,22,23,30)/q+1/p+1. The van der Waals surface area contributed by atoms with E-state index in [1.807, 2.05) is 0 Å². The van der Waals surface area contributed by atoms with Gasteiger partial charge in [0.15, 0.2) is 5.78 Å². The number of alkyl halides is 3. The number of aromatic nitrogens is 3. The Morgan fingerprint density at radius 2 is 2.06 bits per heavy atom. The number of nitrogens with zero attached hydrogens (tertiary/aromatic N) is 4. The van der Waals surface area contributed by atoms with Crippen LogP contribution in [0.1, 0.15) is 30.1 Å². The van der Waals surface area contributed by atoms with Gasteiger partial charge in [0, 0.05) is 24.7 Å². The molecule has 31 heavy (non-hydrogen) atoms. The van der Waals surface area contributed by atoms with Gasteiger partial charge in [-0.1, -0.05) is 0 Å². The van der Waals surface area contributed by atoms with Crippen molar-refractivity contribution in [2.24, 2.45) is 0 Å². The maximum atomic E-state index is 12.4. The van der Waals surface area contributed by atoms with E-state index in [0.717, 1.165) is 0 Å². The predicted octanol–water partition coefficient (Wildman–Crippen LogP) is 0.469. The zero-order chi connectivity index (χ0) is 22.8. The number of fused-ring (bicyclic) bond motifs is 1. The van der Waals surface area contributed by atoms with Crippen molar-refractivity contribution < 1.29 is 47.5 Å². The number of likely N-dealkylation sites (tertiary alicyclic amines) is 1. The average Bonchev–Trinajstić information content (AvgIpc) is 3.09. The lowest BCUT2D eigenvalue weighted by atomic mass is 10.1. The minimum Gasteiger partial charge on any atom is -0.461 e. The average molecular weight is 445 g/mol. The number of rotatable bonds is 7. The van der Waals surface area contributed by atoms with Crippen molar-refractivity contribution in [1.82, 2.24) is 10.00 Å². The number of esters is 1. The van der Waals surface area contributed by atoms with E-state index in [0.29, 0.717) is 21.6 Å². The Morgan fingerprint density at radius 3 is 2.74 bits per heavy atom. The Labute approximate surface area is 174 Å². The fourth-order valence-corrected chi connectivity index (χ4v) is 3.30. The highest BCUT2D eigenvalue weighted by Gasteiger charge is 2.35. The van der Waals surface area contributed by atoms with Gasteiger partial charge in [0.05, 0.1) is 19.5 Å². The van der Waals surface area contributed by atoms with E-state index in [1.54, 1.807) is 0 Å². The van der Waals surface area contributed by atoms with Crippen LogP contribution in [0.15, 0.2) is 18.2 Å². The molecule has 2 aromatic rings. The first-order chi connectivity index (χ1) is 14.5. The minimum atomic E-state index is -4.30. The Balaban J connectivity index is 1.54. The van der Waals surface area contributed by atoms with Gasteiger partial charge in [-0.05, 0) is 30.2 Å². The summed E-state index contributed by atoms with van der Waals surface area (Å²) < 4.78 is 43.1. The summed E-state index contributed by atoms with van der Waals surface area (Å²) in [6.45, 7) is 0.527. The number of Topliss-reactive ketones (excluding diaryl/α,β-unsaturated/α-hetero) is 1. The van der Waals surface area contributed by atoms with Gasteiger partial charge >= 0.3 is 23.6 Å². The fourth-order valence-electron chi connectivity index (χ4n) is 3.30. The van der Waals surface area contributed by atoms with Gasteiger partial charge in [0.2, 0.25) is 10.4 Å². The normalized spacial score (nSPS) is 17.1. The Bertz CT molecular complexity index is 1000. The van der Waals surface area contributed by atoms with E-state index in [2.05, 4.69) is 10.4 Å². The summed E-state index contributed by atoms with van der Waals surface area (Å²) >= 11 is 0. The highest BCUT2D eigenvalue weighted by molar-refractivity contribution is 5.96. The van der Waals surface area contributed by atoms with Crippen LogP contribution >= 0.6 is 0 Å². The monoisotopic (exact) mass is 445 g/mol. The van der Waals surface area contributed by atoms with Gasteiger partial charge in [0.1, 0.15) is 6.10 Å². The molecule has 1 aliphatic rings. The van der Waals surface area contributed by atoms with Gasteiger partial charge < -0.3 is 9.94 Å². The van der Waals surface area contributed by atoms with Crippen molar-refractivity contribution in [3.05, 3.63) is 23.8 Å². The highest BCUT2D eigenvalue weighted by Crippen LogP contribution is 2.21. The number of benzene rings is 1. The van der Waals surface area contributed by atoms with Crippen molar-refractivity contribution >= 4 is 28.7 Å². The SMILES string of the molecule is CC(=O)c1ccc2c(c1)[n+](O)nc(NCCC(=O)OC1CCN(CC(F)(F)F)C1)[n+]2O. The van der Waals surface area contributed by atoms with Crippen LogP contribution in [0, 0.1) is 0 Å². The lowest BCUT2D eigenvalue weighted by Gasteiger charge is -2.17. The van der Waals surface area contributed by atoms with Gasteiger partial charge in [-0.25, -0.2) is 5.21 Å². The van der Waals surface area contributed by atoms with Gasteiger partial charge in [-0.15, -0.1) is 0 Å². The van der Waals surface area contributed by atoms with E-state index in [1.165, 1.54) is 30.0 Å². The van der Waals surface area contributed by atoms with Crippen LogP contribution in [0.4, 0.5) is 19.1 Å². The quantitative estimate of drug-likeness (QED) is 0.244.